The number of alkyl halides is 1. The average molecular weight is 367 g/mol. The van der Waals surface area contributed by atoms with Gasteiger partial charge in [-0.1, -0.05) is 23.7 Å². The number of benzene rings is 1. The number of nitrogens with zero attached hydrogens (tertiary/aromatic N) is 2. The van der Waals surface area contributed by atoms with Crippen LogP contribution >= 0.6 is 23.2 Å². The third-order valence-corrected chi connectivity index (χ3v) is 4.61. The Bertz CT molecular complexity index is 794. The minimum Gasteiger partial charge on any atom is -0.286 e. The highest BCUT2D eigenvalue weighted by molar-refractivity contribution is 6.68. The Kier molecular flexibility index (Phi) is 3.97. The molecule has 3 rings (SSSR count). The molecule has 0 unspecified atom stereocenters. The minimum absolute atomic E-state index is 0.0328. The highest BCUT2D eigenvalue weighted by Gasteiger charge is 2.57. The van der Waals surface area contributed by atoms with Crippen molar-refractivity contribution in [2.24, 2.45) is 0 Å². The standard InChI is InChI=1S/C16H12Cl2N2O4/c1-7(2)10(13(18)21)19-12(17)11(16(19)24)20-14(22)8-5-3-4-6-9(8)15(20)23/h3-6,11-12H,1-2H3/t11-,12-/m1/s1. The van der Waals surface area contributed by atoms with Crippen molar-refractivity contribution >= 4 is 46.2 Å². The van der Waals surface area contributed by atoms with Crippen molar-refractivity contribution < 1.29 is 19.2 Å². The van der Waals surface area contributed by atoms with Crippen molar-refractivity contribution in [1.82, 2.24) is 9.80 Å². The lowest BCUT2D eigenvalue weighted by molar-refractivity contribution is -0.148. The molecule has 1 aromatic rings. The third-order valence-electron chi connectivity index (χ3n) is 4.00. The summed E-state index contributed by atoms with van der Waals surface area (Å²) >= 11 is 11.7. The fourth-order valence-corrected chi connectivity index (χ4v) is 3.59. The summed E-state index contributed by atoms with van der Waals surface area (Å²) in [6.07, 6.45) is 0. The first kappa shape index (κ1) is 16.7. The Balaban J connectivity index is 1.94. The summed E-state index contributed by atoms with van der Waals surface area (Å²) in [5.41, 5.74) is -0.112. The second kappa shape index (κ2) is 5.72. The summed E-state index contributed by atoms with van der Waals surface area (Å²) in [6, 6.07) is 5.14. The number of allylic oxidation sites excluding steroid dienone is 2. The maximum absolute atomic E-state index is 12.5. The van der Waals surface area contributed by atoms with Crippen molar-refractivity contribution in [2.75, 3.05) is 0 Å². The number of carbonyl (C=O) groups excluding carboxylic acids is 4. The van der Waals surface area contributed by atoms with E-state index in [1.165, 1.54) is 12.1 Å². The second-order valence-electron chi connectivity index (χ2n) is 5.67. The SMILES string of the molecule is CC(C)=C(C(=O)Cl)N1C(=O)[C@H](N2C(=O)c3ccccc3C2=O)[C@@H]1Cl. The van der Waals surface area contributed by atoms with Gasteiger partial charge in [0.15, 0.2) is 6.04 Å². The lowest BCUT2D eigenvalue weighted by Gasteiger charge is -2.46. The van der Waals surface area contributed by atoms with Crippen molar-refractivity contribution in [3.63, 3.8) is 0 Å². The van der Waals surface area contributed by atoms with E-state index in [1.54, 1.807) is 26.0 Å². The molecule has 1 fully saturated rings. The van der Waals surface area contributed by atoms with Gasteiger partial charge in [-0.25, -0.2) is 0 Å². The summed E-state index contributed by atoms with van der Waals surface area (Å²) in [5, 5.41) is -0.824. The molecule has 1 aromatic carbocycles. The number of halogens is 2. The fourth-order valence-electron chi connectivity index (χ4n) is 2.90. The normalized spacial score (nSPS) is 22.4. The molecule has 3 amide bonds. The summed E-state index contributed by atoms with van der Waals surface area (Å²) in [4.78, 5) is 50.8. The molecule has 2 aliphatic heterocycles. The molecular weight excluding hydrogens is 355 g/mol. The molecule has 24 heavy (non-hydrogen) atoms. The monoisotopic (exact) mass is 366 g/mol. The van der Waals surface area contributed by atoms with Crippen molar-refractivity contribution in [1.29, 1.82) is 0 Å². The lowest BCUT2D eigenvalue weighted by atomic mass is 10.0. The van der Waals surface area contributed by atoms with E-state index >= 15 is 0 Å². The molecule has 2 heterocycles. The molecule has 0 radical (unpaired) electrons. The zero-order valence-corrected chi connectivity index (χ0v) is 14.3. The average Bonchev–Trinajstić information content (AvgIpc) is 2.77. The first-order valence-electron chi connectivity index (χ1n) is 7.08. The smallest absolute Gasteiger partial charge is 0.268 e. The molecule has 0 aromatic heterocycles. The fraction of sp³-hybridized carbons (Fsp3) is 0.250. The zero-order chi connectivity index (χ0) is 17.8. The van der Waals surface area contributed by atoms with Crippen LogP contribution in [0.4, 0.5) is 0 Å². The summed E-state index contributed by atoms with van der Waals surface area (Å²) in [6.45, 7) is 3.23. The first-order chi connectivity index (χ1) is 11.3. The van der Waals surface area contributed by atoms with Crippen LogP contribution in [0.1, 0.15) is 34.6 Å². The maximum atomic E-state index is 12.5. The van der Waals surface area contributed by atoms with Crippen LogP contribution in [0.15, 0.2) is 35.5 Å². The Labute approximate surface area is 147 Å². The van der Waals surface area contributed by atoms with Gasteiger partial charge in [0.05, 0.1) is 11.1 Å². The number of carbonyl (C=O) groups is 4. The van der Waals surface area contributed by atoms with E-state index in [4.69, 9.17) is 23.2 Å². The number of imide groups is 1. The Morgan fingerprint density at radius 3 is 1.92 bits per heavy atom. The highest BCUT2D eigenvalue weighted by atomic mass is 35.5. The molecule has 2 atom stereocenters. The first-order valence-corrected chi connectivity index (χ1v) is 7.90. The number of hydrogen-bond acceptors (Lipinski definition) is 4. The molecule has 2 aliphatic rings. The maximum Gasteiger partial charge on any atom is 0.268 e. The van der Waals surface area contributed by atoms with E-state index in [9.17, 15) is 19.2 Å². The van der Waals surface area contributed by atoms with Crippen LogP contribution < -0.4 is 0 Å². The van der Waals surface area contributed by atoms with E-state index in [0.717, 1.165) is 9.80 Å². The molecule has 124 valence electrons. The number of fused-ring (bicyclic) bond motifs is 1. The van der Waals surface area contributed by atoms with Crippen molar-refractivity contribution in [2.45, 2.75) is 25.4 Å². The minimum atomic E-state index is -1.16. The van der Waals surface area contributed by atoms with Crippen molar-refractivity contribution in [3.05, 3.63) is 46.7 Å². The summed E-state index contributed by atoms with van der Waals surface area (Å²) in [5.74, 6) is -1.76. The molecule has 0 bridgehead atoms. The third kappa shape index (κ3) is 2.17. The van der Waals surface area contributed by atoms with Crippen LogP contribution in [-0.2, 0) is 9.59 Å². The van der Waals surface area contributed by atoms with Gasteiger partial charge in [0.1, 0.15) is 11.2 Å². The molecular formula is C16H12Cl2N2O4. The van der Waals surface area contributed by atoms with Gasteiger partial charge < -0.3 is 0 Å². The van der Waals surface area contributed by atoms with E-state index in [2.05, 4.69) is 0 Å². The van der Waals surface area contributed by atoms with Crippen LogP contribution in [0.5, 0.6) is 0 Å². The van der Waals surface area contributed by atoms with Gasteiger partial charge in [0.25, 0.3) is 23.0 Å². The molecule has 0 aliphatic carbocycles. The van der Waals surface area contributed by atoms with Gasteiger partial charge in [-0.15, -0.1) is 0 Å². The number of hydrogen-bond donors (Lipinski definition) is 0. The predicted octanol–water partition coefficient (Wildman–Crippen LogP) is 2.12. The Hall–Kier alpha value is -2.18. The molecule has 8 heteroatoms. The molecule has 0 saturated carbocycles. The lowest BCUT2D eigenvalue weighted by Crippen LogP contribution is -2.69. The van der Waals surface area contributed by atoms with Crippen LogP contribution in [0.25, 0.3) is 0 Å². The van der Waals surface area contributed by atoms with Crippen LogP contribution in [0.3, 0.4) is 0 Å². The van der Waals surface area contributed by atoms with E-state index in [-0.39, 0.29) is 16.8 Å². The number of amides is 3. The van der Waals surface area contributed by atoms with E-state index in [1.807, 2.05) is 0 Å². The van der Waals surface area contributed by atoms with Gasteiger partial charge in [-0.05, 0) is 43.2 Å². The topological polar surface area (TPSA) is 74.8 Å². The zero-order valence-electron chi connectivity index (χ0n) is 12.7. The van der Waals surface area contributed by atoms with Gasteiger partial charge in [0, 0.05) is 0 Å². The molecule has 0 spiro atoms. The summed E-state index contributed by atoms with van der Waals surface area (Å²) in [7, 11) is 0. The van der Waals surface area contributed by atoms with Gasteiger partial charge in [-0.2, -0.15) is 0 Å². The van der Waals surface area contributed by atoms with Crippen LogP contribution in [0.2, 0.25) is 0 Å². The van der Waals surface area contributed by atoms with Crippen LogP contribution in [-0.4, -0.2) is 44.3 Å². The molecule has 1 saturated heterocycles. The van der Waals surface area contributed by atoms with E-state index < -0.39 is 34.5 Å². The Morgan fingerprint density at radius 1 is 1.04 bits per heavy atom. The number of β-lactam (4-membered cyclic amide) rings is 1. The predicted molar refractivity (Wildman–Crippen MR) is 86.5 cm³/mol. The Morgan fingerprint density at radius 2 is 1.54 bits per heavy atom. The molecule has 0 N–H and O–H groups in total. The van der Waals surface area contributed by atoms with Gasteiger partial charge >= 0.3 is 0 Å². The van der Waals surface area contributed by atoms with E-state index in [0.29, 0.717) is 5.57 Å². The molecule has 6 nitrogen and oxygen atoms in total. The van der Waals surface area contributed by atoms with Crippen LogP contribution in [0, 0.1) is 0 Å². The van der Waals surface area contributed by atoms with Gasteiger partial charge in [0.2, 0.25) is 0 Å². The highest BCUT2D eigenvalue weighted by Crippen LogP contribution is 2.37. The summed E-state index contributed by atoms with van der Waals surface area (Å²) < 4.78 is 0. The largest absolute Gasteiger partial charge is 0.286 e. The van der Waals surface area contributed by atoms with Crippen molar-refractivity contribution in [3.8, 4) is 0 Å². The number of likely N-dealkylation sites (tertiary alicyclic amines) is 1. The van der Waals surface area contributed by atoms with Gasteiger partial charge in [-0.3, -0.25) is 29.0 Å². The number of rotatable bonds is 3. The second-order valence-corrected chi connectivity index (χ2v) is 6.46. The quantitative estimate of drug-likeness (QED) is 0.205.